The molecule has 0 aliphatic carbocycles. The van der Waals surface area contributed by atoms with Crippen LogP contribution in [0.15, 0.2) is 24.3 Å². The van der Waals surface area contributed by atoms with Crippen molar-refractivity contribution in [1.82, 2.24) is 10.2 Å². The number of carbonyl (C=O) groups is 2. The molecule has 1 heterocycles. The SMILES string of the molecule is CC[C@H]1CN(C(=O)[C@@H](CC(C)C)NC(=O)c2ccc(Cl)cc2)CCO1. The molecule has 5 nitrogen and oxygen atoms in total. The van der Waals surface area contributed by atoms with Crippen molar-refractivity contribution in [2.75, 3.05) is 19.7 Å². The fraction of sp³-hybridized carbons (Fsp3) is 0.579. The molecular weight excluding hydrogens is 340 g/mol. The van der Waals surface area contributed by atoms with Gasteiger partial charge in [0.15, 0.2) is 0 Å². The quantitative estimate of drug-likeness (QED) is 0.841. The second-order valence-corrected chi connectivity index (χ2v) is 7.28. The Bertz CT molecular complexity index is 589. The van der Waals surface area contributed by atoms with Gasteiger partial charge in [0.1, 0.15) is 6.04 Å². The van der Waals surface area contributed by atoms with Crippen molar-refractivity contribution < 1.29 is 14.3 Å². The summed E-state index contributed by atoms with van der Waals surface area (Å²) in [5.74, 6) is 0.0104. The van der Waals surface area contributed by atoms with E-state index in [0.717, 1.165) is 6.42 Å². The maximum absolute atomic E-state index is 13.0. The van der Waals surface area contributed by atoms with Gasteiger partial charge in [-0.1, -0.05) is 32.4 Å². The lowest BCUT2D eigenvalue weighted by Crippen LogP contribution is -2.54. The van der Waals surface area contributed by atoms with Crippen LogP contribution in [0, 0.1) is 5.92 Å². The molecule has 1 aliphatic heterocycles. The van der Waals surface area contributed by atoms with E-state index >= 15 is 0 Å². The van der Waals surface area contributed by atoms with Gasteiger partial charge in [-0.15, -0.1) is 0 Å². The Morgan fingerprint density at radius 2 is 2.00 bits per heavy atom. The van der Waals surface area contributed by atoms with E-state index in [1.807, 2.05) is 25.7 Å². The van der Waals surface area contributed by atoms with E-state index in [1.165, 1.54) is 0 Å². The number of amides is 2. The van der Waals surface area contributed by atoms with Gasteiger partial charge in [0.05, 0.1) is 12.7 Å². The predicted octanol–water partition coefficient (Wildman–Crippen LogP) is 3.12. The Kier molecular flexibility index (Phi) is 7.26. The van der Waals surface area contributed by atoms with E-state index in [9.17, 15) is 9.59 Å². The molecule has 138 valence electrons. The van der Waals surface area contributed by atoms with Crippen molar-refractivity contribution in [1.29, 1.82) is 0 Å². The second-order valence-electron chi connectivity index (χ2n) is 6.85. The summed E-state index contributed by atoms with van der Waals surface area (Å²) in [4.78, 5) is 27.3. The molecule has 0 radical (unpaired) electrons. The second kappa shape index (κ2) is 9.20. The zero-order valence-electron chi connectivity index (χ0n) is 15.1. The Balaban J connectivity index is 2.08. The molecule has 6 heteroatoms. The van der Waals surface area contributed by atoms with Crippen LogP contribution >= 0.6 is 11.6 Å². The highest BCUT2D eigenvalue weighted by Crippen LogP contribution is 2.15. The predicted molar refractivity (Wildman–Crippen MR) is 98.8 cm³/mol. The monoisotopic (exact) mass is 366 g/mol. The van der Waals surface area contributed by atoms with Gasteiger partial charge in [-0.3, -0.25) is 9.59 Å². The van der Waals surface area contributed by atoms with Crippen molar-refractivity contribution >= 4 is 23.4 Å². The number of morpholine rings is 1. The molecule has 0 aromatic heterocycles. The number of benzene rings is 1. The van der Waals surface area contributed by atoms with Crippen molar-refractivity contribution in [2.45, 2.75) is 45.8 Å². The number of hydrogen-bond acceptors (Lipinski definition) is 3. The van der Waals surface area contributed by atoms with Crippen LogP contribution in [0.25, 0.3) is 0 Å². The molecule has 1 aromatic carbocycles. The van der Waals surface area contributed by atoms with Crippen LogP contribution in [0.5, 0.6) is 0 Å². The molecule has 1 N–H and O–H groups in total. The molecule has 1 aliphatic rings. The van der Waals surface area contributed by atoms with E-state index in [1.54, 1.807) is 24.3 Å². The van der Waals surface area contributed by atoms with Gasteiger partial charge >= 0.3 is 0 Å². The highest BCUT2D eigenvalue weighted by Gasteiger charge is 2.30. The minimum atomic E-state index is -0.529. The first-order valence-electron chi connectivity index (χ1n) is 8.87. The molecule has 1 aromatic rings. The maximum Gasteiger partial charge on any atom is 0.251 e. The lowest BCUT2D eigenvalue weighted by atomic mass is 10.0. The number of rotatable bonds is 6. The number of halogens is 1. The van der Waals surface area contributed by atoms with Gasteiger partial charge in [-0.25, -0.2) is 0 Å². The minimum Gasteiger partial charge on any atom is -0.375 e. The van der Waals surface area contributed by atoms with Crippen LogP contribution in [0.4, 0.5) is 0 Å². The van der Waals surface area contributed by atoms with Crippen molar-refractivity contribution in [3.63, 3.8) is 0 Å². The van der Waals surface area contributed by atoms with Gasteiger partial charge < -0.3 is 15.0 Å². The topological polar surface area (TPSA) is 58.6 Å². The van der Waals surface area contributed by atoms with Gasteiger partial charge in [0.25, 0.3) is 5.91 Å². The molecule has 0 spiro atoms. The molecule has 2 rings (SSSR count). The van der Waals surface area contributed by atoms with Gasteiger partial charge in [-0.05, 0) is 43.0 Å². The summed E-state index contributed by atoms with van der Waals surface area (Å²) in [6.07, 6.45) is 1.55. The Hall–Kier alpha value is -1.59. The summed E-state index contributed by atoms with van der Waals surface area (Å²) in [6.45, 7) is 7.84. The number of nitrogens with zero attached hydrogens (tertiary/aromatic N) is 1. The zero-order valence-corrected chi connectivity index (χ0v) is 15.9. The smallest absolute Gasteiger partial charge is 0.251 e. The highest BCUT2D eigenvalue weighted by atomic mass is 35.5. The maximum atomic E-state index is 13.0. The van der Waals surface area contributed by atoms with Gasteiger partial charge in [-0.2, -0.15) is 0 Å². The van der Waals surface area contributed by atoms with Crippen LogP contribution in [-0.4, -0.2) is 48.6 Å². The van der Waals surface area contributed by atoms with Crippen molar-refractivity contribution in [2.24, 2.45) is 5.92 Å². The van der Waals surface area contributed by atoms with E-state index in [2.05, 4.69) is 5.32 Å². The third-order valence-electron chi connectivity index (χ3n) is 4.32. The minimum absolute atomic E-state index is 0.0298. The summed E-state index contributed by atoms with van der Waals surface area (Å²) in [6, 6.07) is 6.14. The lowest BCUT2D eigenvalue weighted by molar-refractivity contribution is -0.141. The number of ether oxygens (including phenoxy) is 1. The summed E-state index contributed by atoms with van der Waals surface area (Å²) < 4.78 is 5.64. The molecule has 0 saturated carbocycles. The number of hydrogen-bond donors (Lipinski definition) is 1. The lowest BCUT2D eigenvalue weighted by Gasteiger charge is -2.35. The van der Waals surface area contributed by atoms with Crippen LogP contribution < -0.4 is 5.32 Å². The van der Waals surface area contributed by atoms with Crippen molar-refractivity contribution in [3.05, 3.63) is 34.9 Å². The van der Waals surface area contributed by atoms with Crippen molar-refractivity contribution in [3.8, 4) is 0 Å². The third-order valence-corrected chi connectivity index (χ3v) is 4.57. The number of nitrogens with one attached hydrogen (secondary N) is 1. The molecule has 1 saturated heterocycles. The zero-order chi connectivity index (χ0) is 18.4. The fourth-order valence-corrected chi connectivity index (χ4v) is 3.05. The average molecular weight is 367 g/mol. The van der Waals surface area contributed by atoms with E-state index in [0.29, 0.717) is 42.6 Å². The number of carbonyl (C=O) groups excluding carboxylic acids is 2. The Morgan fingerprint density at radius 3 is 2.60 bits per heavy atom. The molecule has 2 amide bonds. The van der Waals surface area contributed by atoms with Crippen LogP contribution in [0.2, 0.25) is 5.02 Å². The molecule has 0 unspecified atom stereocenters. The fourth-order valence-electron chi connectivity index (χ4n) is 2.92. The summed E-state index contributed by atoms with van der Waals surface area (Å²) in [5, 5.41) is 3.47. The highest BCUT2D eigenvalue weighted by molar-refractivity contribution is 6.30. The summed E-state index contributed by atoms with van der Waals surface area (Å²) in [7, 11) is 0. The van der Waals surface area contributed by atoms with Gasteiger partial charge in [0.2, 0.25) is 5.91 Å². The largest absolute Gasteiger partial charge is 0.375 e. The third kappa shape index (κ3) is 5.72. The van der Waals surface area contributed by atoms with Crippen LogP contribution in [0.1, 0.15) is 44.0 Å². The van der Waals surface area contributed by atoms with E-state index < -0.39 is 6.04 Å². The average Bonchev–Trinajstić information content (AvgIpc) is 2.60. The van der Waals surface area contributed by atoms with E-state index in [4.69, 9.17) is 16.3 Å². The molecule has 1 fully saturated rings. The normalized spacial score (nSPS) is 18.9. The molecule has 2 atom stereocenters. The Labute approximate surface area is 154 Å². The first-order chi connectivity index (χ1) is 11.9. The van der Waals surface area contributed by atoms with E-state index in [-0.39, 0.29) is 17.9 Å². The summed E-state index contributed by atoms with van der Waals surface area (Å²) >= 11 is 5.87. The standard InChI is InChI=1S/C19H27ClN2O3/c1-4-16-12-22(9-10-25-16)19(24)17(11-13(2)3)21-18(23)14-5-7-15(20)8-6-14/h5-8,13,16-17H,4,9-12H2,1-3H3,(H,21,23)/t16-,17+/m0/s1. The van der Waals surface area contributed by atoms with Crippen LogP contribution in [0.3, 0.4) is 0 Å². The first kappa shape index (κ1) is 19.7. The molecule has 25 heavy (non-hydrogen) atoms. The Morgan fingerprint density at radius 1 is 1.32 bits per heavy atom. The first-order valence-corrected chi connectivity index (χ1v) is 9.25. The molecular formula is C19H27ClN2O3. The van der Waals surface area contributed by atoms with Crippen LogP contribution in [-0.2, 0) is 9.53 Å². The van der Waals surface area contributed by atoms with Gasteiger partial charge in [0, 0.05) is 23.7 Å². The molecule has 0 bridgehead atoms. The summed E-state index contributed by atoms with van der Waals surface area (Å²) in [5.41, 5.74) is 0.499.